The molecule has 0 amide bonds. The molecule has 0 bridgehead atoms. The minimum atomic E-state index is -5.40. The van der Waals surface area contributed by atoms with Crippen LogP contribution in [0.4, 0.5) is 17.6 Å². The van der Waals surface area contributed by atoms with Crippen LogP contribution in [0.25, 0.3) is 0 Å². The zero-order valence-corrected chi connectivity index (χ0v) is 11.7. The van der Waals surface area contributed by atoms with E-state index in [1.54, 1.807) is 0 Å². The fraction of sp³-hybridized carbons (Fsp3) is 0.700. The van der Waals surface area contributed by atoms with E-state index in [0.29, 0.717) is 0 Å². The normalized spacial score (nSPS) is 13.1. The fourth-order valence-corrected chi connectivity index (χ4v) is 1.55. The van der Waals surface area contributed by atoms with Crippen molar-refractivity contribution in [2.45, 2.75) is 25.8 Å². The van der Waals surface area contributed by atoms with Gasteiger partial charge in [-0.3, -0.25) is 0 Å². The van der Waals surface area contributed by atoms with Crippen LogP contribution in [0.2, 0.25) is 0 Å². The highest BCUT2D eigenvalue weighted by Gasteiger charge is 2.45. The Morgan fingerprint density at radius 2 is 1.80 bits per heavy atom. The van der Waals surface area contributed by atoms with Crippen molar-refractivity contribution in [3.05, 3.63) is 12.4 Å². The van der Waals surface area contributed by atoms with Gasteiger partial charge in [0.25, 0.3) is 0 Å². The molecule has 0 aromatic rings. The van der Waals surface area contributed by atoms with Crippen molar-refractivity contribution in [3.8, 4) is 0 Å². The smallest absolute Gasteiger partial charge is 0.460 e. The lowest BCUT2D eigenvalue weighted by Crippen LogP contribution is -2.38. The first-order chi connectivity index (χ1) is 8.78. The summed E-state index contributed by atoms with van der Waals surface area (Å²) in [4.78, 5) is 10.8. The SMILES string of the molecule is C=C(F)C(=O)OCC(C)(C)CCNS(=O)(=O)C(F)(F)F. The van der Waals surface area contributed by atoms with Crippen LogP contribution >= 0.6 is 0 Å². The van der Waals surface area contributed by atoms with E-state index in [2.05, 4.69) is 11.3 Å². The summed E-state index contributed by atoms with van der Waals surface area (Å²) in [6.45, 7) is 4.97. The molecule has 0 aliphatic rings. The topological polar surface area (TPSA) is 72.5 Å². The van der Waals surface area contributed by atoms with Gasteiger partial charge in [0.05, 0.1) is 6.61 Å². The third kappa shape index (κ3) is 6.33. The molecule has 0 aromatic carbocycles. The Morgan fingerprint density at radius 1 is 1.30 bits per heavy atom. The predicted octanol–water partition coefficient (Wildman–Crippen LogP) is 1.87. The van der Waals surface area contributed by atoms with Crippen LogP contribution in [0.3, 0.4) is 0 Å². The maximum Gasteiger partial charge on any atom is 0.511 e. The molecule has 0 radical (unpaired) electrons. The maximum atomic E-state index is 12.3. The van der Waals surface area contributed by atoms with Gasteiger partial charge in [0.1, 0.15) is 0 Å². The van der Waals surface area contributed by atoms with Crippen molar-refractivity contribution in [1.82, 2.24) is 4.72 Å². The van der Waals surface area contributed by atoms with E-state index in [-0.39, 0.29) is 13.0 Å². The third-order valence-electron chi connectivity index (χ3n) is 2.21. The van der Waals surface area contributed by atoms with Crippen LogP contribution in [0.15, 0.2) is 12.4 Å². The van der Waals surface area contributed by atoms with Gasteiger partial charge < -0.3 is 4.74 Å². The molecule has 0 atom stereocenters. The summed E-state index contributed by atoms with van der Waals surface area (Å²) >= 11 is 0. The third-order valence-corrected chi connectivity index (χ3v) is 3.41. The molecular weight excluding hydrogens is 306 g/mol. The zero-order valence-electron chi connectivity index (χ0n) is 10.9. The summed E-state index contributed by atoms with van der Waals surface area (Å²) in [7, 11) is -5.40. The highest BCUT2D eigenvalue weighted by Crippen LogP contribution is 2.24. The zero-order chi connectivity index (χ0) is 16.2. The van der Waals surface area contributed by atoms with Gasteiger partial charge in [-0.1, -0.05) is 20.4 Å². The largest absolute Gasteiger partial charge is 0.511 e. The second-order valence-corrected chi connectivity index (χ2v) is 6.50. The number of sulfonamides is 1. The Balaban J connectivity index is 4.31. The molecule has 0 saturated carbocycles. The molecule has 0 spiro atoms. The van der Waals surface area contributed by atoms with Crippen LogP contribution < -0.4 is 4.72 Å². The second kappa shape index (κ2) is 6.53. The molecule has 118 valence electrons. The lowest BCUT2D eigenvalue weighted by Gasteiger charge is -2.24. The van der Waals surface area contributed by atoms with Gasteiger partial charge in [0.2, 0.25) is 5.83 Å². The Kier molecular flexibility index (Phi) is 6.15. The van der Waals surface area contributed by atoms with Gasteiger partial charge >= 0.3 is 21.5 Å². The monoisotopic (exact) mass is 321 g/mol. The second-order valence-electron chi connectivity index (χ2n) is 4.74. The quantitative estimate of drug-likeness (QED) is 0.441. The molecule has 0 aliphatic heterocycles. The van der Waals surface area contributed by atoms with Gasteiger partial charge in [-0.05, 0) is 6.42 Å². The van der Waals surface area contributed by atoms with Crippen LogP contribution in [0, 0.1) is 5.41 Å². The molecule has 0 fully saturated rings. The van der Waals surface area contributed by atoms with E-state index < -0.39 is 39.3 Å². The molecule has 0 aliphatic carbocycles. The van der Waals surface area contributed by atoms with Crippen molar-refractivity contribution in [2.24, 2.45) is 5.41 Å². The van der Waals surface area contributed by atoms with Crippen molar-refractivity contribution in [3.63, 3.8) is 0 Å². The molecule has 1 N–H and O–H groups in total. The number of esters is 1. The van der Waals surface area contributed by atoms with E-state index in [1.165, 1.54) is 18.6 Å². The number of ether oxygens (including phenoxy) is 1. The molecule has 20 heavy (non-hydrogen) atoms. The van der Waals surface area contributed by atoms with Crippen LogP contribution in [-0.4, -0.2) is 33.0 Å². The van der Waals surface area contributed by atoms with Gasteiger partial charge in [0.15, 0.2) is 0 Å². The van der Waals surface area contributed by atoms with E-state index in [9.17, 15) is 30.8 Å². The minimum Gasteiger partial charge on any atom is -0.460 e. The lowest BCUT2D eigenvalue weighted by atomic mass is 9.91. The summed E-state index contributed by atoms with van der Waals surface area (Å²) in [6, 6.07) is 0. The molecule has 0 unspecified atom stereocenters. The molecule has 0 heterocycles. The van der Waals surface area contributed by atoms with E-state index in [4.69, 9.17) is 0 Å². The van der Waals surface area contributed by atoms with E-state index >= 15 is 0 Å². The highest BCUT2D eigenvalue weighted by molar-refractivity contribution is 7.90. The van der Waals surface area contributed by atoms with Crippen molar-refractivity contribution in [1.29, 1.82) is 0 Å². The van der Waals surface area contributed by atoms with Crippen molar-refractivity contribution in [2.75, 3.05) is 13.2 Å². The average molecular weight is 321 g/mol. The first-order valence-electron chi connectivity index (χ1n) is 5.36. The van der Waals surface area contributed by atoms with Gasteiger partial charge in [-0.15, -0.1) is 0 Å². The molecule has 0 saturated heterocycles. The number of carbonyl (C=O) groups excluding carboxylic acids is 1. The Hall–Kier alpha value is -1.16. The Labute approximate surface area is 114 Å². The molecule has 5 nitrogen and oxygen atoms in total. The fourth-order valence-electron chi connectivity index (χ4n) is 1.02. The first kappa shape index (κ1) is 18.8. The number of hydrogen-bond acceptors (Lipinski definition) is 4. The highest BCUT2D eigenvalue weighted by atomic mass is 32.2. The predicted molar refractivity (Wildman–Crippen MR) is 62.6 cm³/mol. The minimum absolute atomic E-state index is 0.0473. The van der Waals surface area contributed by atoms with Gasteiger partial charge in [0, 0.05) is 12.0 Å². The lowest BCUT2D eigenvalue weighted by molar-refractivity contribution is -0.143. The Bertz CT molecular complexity index is 470. The number of alkyl halides is 3. The molecular formula is C10H15F4NO4S. The van der Waals surface area contributed by atoms with Crippen molar-refractivity contribution >= 4 is 16.0 Å². The summed E-state index contributed by atoms with van der Waals surface area (Å²) in [5, 5.41) is 0. The van der Waals surface area contributed by atoms with E-state index in [0.717, 1.165) is 0 Å². The van der Waals surface area contributed by atoms with Gasteiger partial charge in [-0.2, -0.15) is 17.6 Å². The molecule has 0 rings (SSSR count). The number of rotatable bonds is 7. The standard InChI is InChI=1S/C10H15F4NO4S/c1-7(11)8(16)19-6-9(2,3)4-5-15-20(17,18)10(12,13)14/h15H,1,4-6H2,2-3H3. The number of halogens is 4. The van der Waals surface area contributed by atoms with Crippen LogP contribution in [0.5, 0.6) is 0 Å². The number of nitrogens with one attached hydrogen (secondary N) is 1. The summed E-state index contributed by atoms with van der Waals surface area (Å²) in [6.07, 6.45) is -0.0473. The molecule has 0 aromatic heterocycles. The first-order valence-corrected chi connectivity index (χ1v) is 6.84. The van der Waals surface area contributed by atoms with E-state index in [1.807, 2.05) is 0 Å². The number of carbonyl (C=O) groups is 1. The van der Waals surface area contributed by atoms with Crippen LogP contribution in [0.1, 0.15) is 20.3 Å². The summed E-state index contributed by atoms with van der Waals surface area (Å²) in [5.74, 6) is -2.56. The van der Waals surface area contributed by atoms with Gasteiger partial charge in [-0.25, -0.2) is 17.9 Å². The number of hydrogen-bond donors (Lipinski definition) is 1. The maximum absolute atomic E-state index is 12.3. The van der Waals surface area contributed by atoms with Crippen LogP contribution in [-0.2, 0) is 19.6 Å². The van der Waals surface area contributed by atoms with Crippen molar-refractivity contribution < 1.29 is 35.5 Å². The Morgan fingerprint density at radius 3 is 2.20 bits per heavy atom. The summed E-state index contributed by atoms with van der Waals surface area (Å²) in [5.41, 5.74) is -6.21. The molecule has 10 heteroatoms. The average Bonchev–Trinajstić information content (AvgIpc) is 2.23. The summed E-state index contributed by atoms with van der Waals surface area (Å²) < 4.78 is 75.7.